The molecule has 5 heteroatoms. The summed E-state index contributed by atoms with van der Waals surface area (Å²) in [5.41, 5.74) is 0.660. The van der Waals surface area contributed by atoms with Gasteiger partial charge in [-0.1, -0.05) is 11.6 Å². The fourth-order valence-corrected chi connectivity index (χ4v) is 0.901. The van der Waals surface area contributed by atoms with Crippen molar-refractivity contribution in [2.45, 2.75) is 0 Å². The largest absolute Gasteiger partial charge is 0.200 e. The Kier molecular flexibility index (Phi) is 1.07. The molecule has 0 aliphatic carbocycles. The Hall–Kier alpha value is -1.16. The third-order valence-electron chi connectivity index (χ3n) is 1.15. The predicted molar refractivity (Wildman–Crippen MR) is 35.8 cm³/mol. The highest BCUT2D eigenvalue weighted by atomic mass is 35.5. The van der Waals surface area contributed by atoms with Gasteiger partial charge in [0.15, 0.2) is 10.8 Å². The SMILES string of the molecule is Clc1cnnc2ccnn12. The van der Waals surface area contributed by atoms with Crippen molar-refractivity contribution < 1.29 is 0 Å². The van der Waals surface area contributed by atoms with E-state index in [1.807, 2.05) is 0 Å². The summed E-state index contributed by atoms with van der Waals surface area (Å²) in [6.45, 7) is 0. The monoisotopic (exact) mass is 154 g/mol. The molecular formula is C5H3ClN4. The minimum atomic E-state index is 0.468. The fourth-order valence-electron chi connectivity index (χ4n) is 0.727. The quantitative estimate of drug-likeness (QED) is 0.563. The molecule has 0 saturated carbocycles. The minimum absolute atomic E-state index is 0.468. The van der Waals surface area contributed by atoms with Crippen LogP contribution in [-0.4, -0.2) is 19.8 Å². The number of nitrogens with zero attached hydrogens (tertiary/aromatic N) is 4. The van der Waals surface area contributed by atoms with Crippen molar-refractivity contribution in [2.75, 3.05) is 0 Å². The van der Waals surface area contributed by atoms with Gasteiger partial charge in [-0.3, -0.25) is 0 Å². The van der Waals surface area contributed by atoms with E-state index in [-0.39, 0.29) is 0 Å². The summed E-state index contributed by atoms with van der Waals surface area (Å²) < 4.78 is 1.51. The van der Waals surface area contributed by atoms with E-state index in [1.165, 1.54) is 10.7 Å². The molecule has 10 heavy (non-hydrogen) atoms. The first-order chi connectivity index (χ1) is 4.88. The molecule has 0 radical (unpaired) electrons. The topological polar surface area (TPSA) is 43.1 Å². The Morgan fingerprint density at radius 2 is 2.40 bits per heavy atom. The summed E-state index contributed by atoms with van der Waals surface area (Å²) in [4.78, 5) is 0. The number of hydrogen-bond donors (Lipinski definition) is 0. The normalized spacial score (nSPS) is 10.5. The number of rotatable bonds is 0. The molecule has 0 unspecified atom stereocenters. The molecule has 0 aliphatic heterocycles. The van der Waals surface area contributed by atoms with Crippen LogP contribution in [0, 0.1) is 0 Å². The van der Waals surface area contributed by atoms with Gasteiger partial charge in [-0.25, -0.2) is 4.52 Å². The number of aromatic nitrogens is 4. The molecule has 0 saturated heterocycles. The van der Waals surface area contributed by atoms with Crippen LogP contribution in [0.3, 0.4) is 0 Å². The van der Waals surface area contributed by atoms with Gasteiger partial charge in [-0.2, -0.15) is 10.2 Å². The van der Waals surface area contributed by atoms with Crippen LogP contribution in [0.5, 0.6) is 0 Å². The Balaban J connectivity index is 2.95. The van der Waals surface area contributed by atoms with E-state index in [4.69, 9.17) is 11.6 Å². The van der Waals surface area contributed by atoms with E-state index in [9.17, 15) is 0 Å². The molecule has 0 bridgehead atoms. The van der Waals surface area contributed by atoms with Crippen LogP contribution in [0.1, 0.15) is 0 Å². The van der Waals surface area contributed by atoms with E-state index in [1.54, 1.807) is 12.3 Å². The molecule has 50 valence electrons. The average molecular weight is 155 g/mol. The summed E-state index contributed by atoms with van der Waals surface area (Å²) in [5.74, 6) is 0. The maximum Gasteiger partial charge on any atom is 0.178 e. The van der Waals surface area contributed by atoms with Crippen LogP contribution in [0.15, 0.2) is 18.5 Å². The van der Waals surface area contributed by atoms with E-state index in [2.05, 4.69) is 15.3 Å². The van der Waals surface area contributed by atoms with Crippen molar-refractivity contribution in [1.29, 1.82) is 0 Å². The van der Waals surface area contributed by atoms with Crippen LogP contribution < -0.4 is 0 Å². The fraction of sp³-hybridized carbons (Fsp3) is 0. The lowest BCUT2D eigenvalue weighted by Gasteiger charge is -1.90. The summed E-state index contributed by atoms with van der Waals surface area (Å²) >= 11 is 5.70. The molecule has 0 aromatic carbocycles. The second-order valence-corrected chi connectivity index (χ2v) is 2.16. The smallest absolute Gasteiger partial charge is 0.178 e. The maximum absolute atomic E-state index is 5.70. The Bertz CT molecular complexity index is 355. The zero-order chi connectivity index (χ0) is 6.97. The number of fused-ring (bicyclic) bond motifs is 1. The van der Waals surface area contributed by atoms with Gasteiger partial charge < -0.3 is 0 Å². The van der Waals surface area contributed by atoms with Crippen molar-refractivity contribution in [1.82, 2.24) is 19.8 Å². The van der Waals surface area contributed by atoms with Crippen molar-refractivity contribution in [3.8, 4) is 0 Å². The summed E-state index contributed by atoms with van der Waals surface area (Å²) in [6, 6.07) is 1.74. The first-order valence-corrected chi connectivity index (χ1v) is 3.06. The molecule has 0 aliphatic rings. The first-order valence-electron chi connectivity index (χ1n) is 2.69. The van der Waals surface area contributed by atoms with Crippen molar-refractivity contribution in [2.24, 2.45) is 0 Å². The summed E-state index contributed by atoms with van der Waals surface area (Å²) in [7, 11) is 0. The van der Waals surface area contributed by atoms with Gasteiger partial charge in [0, 0.05) is 6.07 Å². The molecule has 0 N–H and O–H groups in total. The summed E-state index contributed by atoms with van der Waals surface area (Å²) in [5, 5.41) is 11.8. The van der Waals surface area contributed by atoms with Crippen LogP contribution in [-0.2, 0) is 0 Å². The third-order valence-corrected chi connectivity index (χ3v) is 1.41. The van der Waals surface area contributed by atoms with Gasteiger partial charge in [-0.15, -0.1) is 5.10 Å². The van der Waals surface area contributed by atoms with Gasteiger partial charge in [0.05, 0.1) is 12.4 Å². The average Bonchev–Trinajstić information content (AvgIpc) is 2.36. The van der Waals surface area contributed by atoms with E-state index in [0.29, 0.717) is 10.8 Å². The Morgan fingerprint density at radius 3 is 3.20 bits per heavy atom. The minimum Gasteiger partial charge on any atom is -0.200 e. The van der Waals surface area contributed by atoms with Gasteiger partial charge in [0.2, 0.25) is 0 Å². The van der Waals surface area contributed by atoms with E-state index < -0.39 is 0 Å². The highest BCUT2D eigenvalue weighted by molar-refractivity contribution is 6.29. The lowest BCUT2D eigenvalue weighted by molar-refractivity contribution is 0.890. The molecule has 4 nitrogen and oxygen atoms in total. The molecule has 0 fully saturated rings. The zero-order valence-corrected chi connectivity index (χ0v) is 5.65. The van der Waals surface area contributed by atoms with Crippen molar-refractivity contribution >= 4 is 17.2 Å². The third kappa shape index (κ3) is 0.657. The van der Waals surface area contributed by atoms with Crippen molar-refractivity contribution in [3.63, 3.8) is 0 Å². The lowest BCUT2D eigenvalue weighted by atomic mass is 10.7. The van der Waals surface area contributed by atoms with Crippen LogP contribution in [0.25, 0.3) is 5.65 Å². The molecule has 0 atom stereocenters. The van der Waals surface area contributed by atoms with Crippen LogP contribution >= 0.6 is 11.6 Å². The molecule has 0 spiro atoms. The van der Waals surface area contributed by atoms with Crippen LogP contribution in [0.2, 0.25) is 5.15 Å². The van der Waals surface area contributed by atoms with Gasteiger partial charge in [0.25, 0.3) is 0 Å². The highest BCUT2D eigenvalue weighted by Crippen LogP contribution is 2.05. The zero-order valence-electron chi connectivity index (χ0n) is 4.90. The van der Waals surface area contributed by atoms with Crippen molar-refractivity contribution in [3.05, 3.63) is 23.6 Å². The Labute approximate surface area is 61.4 Å². The summed E-state index contributed by atoms with van der Waals surface area (Å²) in [6.07, 6.45) is 3.07. The second kappa shape index (κ2) is 1.91. The standard InChI is InChI=1S/C5H3ClN4/c6-4-3-7-9-5-1-2-8-10(4)5/h1-3H. The maximum atomic E-state index is 5.70. The van der Waals surface area contributed by atoms with E-state index >= 15 is 0 Å². The molecule has 0 amide bonds. The number of hydrogen-bond acceptors (Lipinski definition) is 3. The first kappa shape index (κ1) is 5.61. The van der Waals surface area contributed by atoms with Gasteiger partial charge in [-0.05, 0) is 0 Å². The molecule has 2 aromatic heterocycles. The molecule has 2 aromatic rings. The Morgan fingerprint density at radius 1 is 1.50 bits per heavy atom. The molecular weight excluding hydrogens is 152 g/mol. The predicted octanol–water partition coefficient (Wildman–Crippen LogP) is 0.778. The molecule has 2 rings (SSSR count). The lowest BCUT2D eigenvalue weighted by Crippen LogP contribution is -1.92. The van der Waals surface area contributed by atoms with Crippen LogP contribution in [0.4, 0.5) is 0 Å². The van der Waals surface area contributed by atoms with Gasteiger partial charge >= 0.3 is 0 Å². The highest BCUT2D eigenvalue weighted by Gasteiger charge is 1.97. The molecule has 2 heterocycles. The number of halogens is 1. The second-order valence-electron chi connectivity index (χ2n) is 1.77. The van der Waals surface area contributed by atoms with E-state index in [0.717, 1.165) is 0 Å². The van der Waals surface area contributed by atoms with Gasteiger partial charge in [0.1, 0.15) is 0 Å².